The molecule has 1 N–H and O–H groups in total. The molecule has 4 nitrogen and oxygen atoms in total. The van der Waals surface area contributed by atoms with E-state index in [2.05, 4.69) is 10.3 Å². The second-order valence-corrected chi connectivity index (χ2v) is 3.29. The third-order valence-electron chi connectivity index (χ3n) is 1.73. The van der Waals surface area contributed by atoms with Crippen LogP contribution in [0, 0.1) is 0 Å². The first-order chi connectivity index (χ1) is 7.33. The van der Waals surface area contributed by atoms with Gasteiger partial charge >= 0.3 is 0 Å². The number of halogens is 1. The van der Waals surface area contributed by atoms with Gasteiger partial charge in [-0.15, -0.1) is 0 Å². The van der Waals surface area contributed by atoms with Crippen LogP contribution < -0.4 is 5.32 Å². The Balaban J connectivity index is 2.10. The van der Waals surface area contributed by atoms with Crippen molar-refractivity contribution in [2.75, 3.05) is 38.8 Å². The summed E-state index contributed by atoms with van der Waals surface area (Å²) in [5, 5.41) is 3.66. The number of pyridine rings is 1. The zero-order valence-electron chi connectivity index (χ0n) is 8.70. The summed E-state index contributed by atoms with van der Waals surface area (Å²) >= 11 is 5.73. The highest BCUT2D eigenvalue weighted by Crippen LogP contribution is 2.10. The highest BCUT2D eigenvalue weighted by molar-refractivity contribution is 6.29. The predicted molar refractivity (Wildman–Crippen MR) is 60.4 cm³/mol. The summed E-state index contributed by atoms with van der Waals surface area (Å²) in [4.78, 5) is 3.89. The second kappa shape index (κ2) is 7.45. The standard InChI is InChI=1S/C10H15ClN2O2/c1-14-6-7-15-5-4-12-9-2-3-13-10(11)8-9/h2-3,8H,4-7H2,1H3,(H,12,13). The van der Waals surface area contributed by atoms with Crippen LogP contribution in [0.15, 0.2) is 18.3 Å². The molecule has 0 fully saturated rings. The first kappa shape index (κ1) is 12.2. The summed E-state index contributed by atoms with van der Waals surface area (Å²) in [6, 6.07) is 3.64. The number of ether oxygens (including phenoxy) is 2. The topological polar surface area (TPSA) is 43.4 Å². The fourth-order valence-corrected chi connectivity index (χ4v) is 1.20. The molecule has 84 valence electrons. The molecule has 1 rings (SSSR count). The Morgan fingerprint density at radius 1 is 1.40 bits per heavy atom. The van der Waals surface area contributed by atoms with Crippen molar-refractivity contribution in [2.24, 2.45) is 0 Å². The molecule has 0 radical (unpaired) electrons. The number of nitrogens with zero attached hydrogens (tertiary/aromatic N) is 1. The van der Waals surface area contributed by atoms with Gasteiger partial charge in [0.1, 0.15) is 5.15 Å². The number of hydrogen-bond donors (Lipinski definition) is 1. The fraction of sp³-hybridized carbons (Fsp3) is 0.500. The monoisotopic (exact) mass is 230 g/mol. The number of methoxy groups -OCH3 is 1. The lowest BCUT2D eigenvalue weighted by Crippen LogP contribution is -2.11. The molecule has 0 aliphatic carbocycles. The zero-order valence-corrected chi connectivity index (χ0v) is 9.46. The van der Waals surface area contributed by atoms with Gasteiger partial charge in [0.2, 0.25) is 0 Å². The maximum Gasteiger partial charge on any atom is 0.131 e. The molecule has 15 heavy (non-hydrogen) atoms. The van der Waals surface area contributed by atoms with Gasteiger partial charge in [-0.3, -0.25) is 0 Å². The van der Waals surface area contributed by atoms with E-state index < -0.39 is 0 Å². The van der Waals surface area contributed by atoms with E-state index in [4.69, 9.17) is 21.1 Å². The van der Waals surface area contributed by atoms with Crippen molar-refractivity contribution >= 4 is 17.3 Å². The van der Waals surface area contributed by atoms with E-state index in [1.54, 1.807) is 19.4 Å². The zero-order chi connectivity index (χ0) is 10.9. The molecule has 0 aliphatic heterocycles. The number of aromatic nitrogens is 1. The minimum Gasteiger partial charge on any atom is -0.383 e. The maximum absolute atomic E-state index is 5.73. The molecule has 5 heteroatoms. The van der Waals surface area contributed by atoms with E-state index in [-0.39, 0.29) is 0 Å². The lowest BCUT2D eigenvalue weighted by Gasteiger charge is -2.06. The number of hydrogen-bond acceptors (Lipinski definition) is 4. The Hall–Kier alpha value is -0.840. The van der Waals surface area contributed by atoms with Crippen molar-refractivity contribution in [2.45, 2.75) is 0 Å². The van der Waals surface area contributed by atoms with Crippen LogP contribution in [0.1, 0.15) is 0 Å². The average molecular weight is 231 g/mol. The molecule has 0 saturated heterocycles. The van der Waals surface area contributed by atoms with Gasteiger partial charge in [-0.1, -0.05) is 11.6 Å². The van der Waals surface area contributed by atoms with E-state index in [0.717, 1.165) is 12.2 Å². The molecule has 1 heterocycles. The molecule has 0 saturated carbocycles. The number of nitrogens with one attached hydrogen (secondary N) is 1. The summed E-state index contributed by atoms with van der Waals surface area (Å²) in [5.74, 6) is 0. The van der Waals surface area contributed by atoms with Crippen molar-refractivity contribution in [3.8, 4) is 0 Å². The molecule has 0 amide bonds. The van der Waals surface area contributed by atoms with Gasteiger partial charge in [0.15, 0.2) is 0 Å². The minimum absolute atomic E-state index is 0.486. The number of rotatable bonds is 7. The molecule has 0 bridgehead atoms. The SMILES string of the molecule is COCCOCCNc1ccnc(Cl)c1. The first-order valence-electron chi connectivity index (χ1n) is 4.75. The van der Waals surface area contributed by atoms with Crippen molar-refractivity contribution in [3.63, 3.8) is 0 Å². The van der Waals surface area contributed by atoms with Crippen molar-refractivity contribution in [1.82, 2.24) is 4.98 Å². The van der Waals surface area contributed by atoms with Gasteiger partial charge in [-0.2, -0.15) is 0 Å². The van der Waals surface area contributed by atoms with Crippen LogP contribution in [-0.4, -0.2) is 38.5 Å². The molecule has 1 aromatic rings. The Bertz CT molecular complexity index is 284. The molecule has 0 spiro atoms. The Morgan fingerprint density at radius 3 is 3.00 bits per heavy atom. The summed E-state index contributed by atoms with van der Waals surface area (Å²) < 4.78 is 10.1. The van der Waals surface area contributed by atoms with Crippen LogP contribution in [0.25, 0.3) is 0 Å². The normalized spacial score (nSPS) is 10.3. The van der Waals surface area contributed by atoms with E-state index >= 15 is 0 Å². The van der Waals surface area contributed by atoms with Crippen LogP contribution in [0.3, 0.4) is 0 Å². The Kier molecular flexibility index (Phi) is 6.08. The second-order valence-electron chi connectivity index (χ2n) is 2.90. The number of anilines is 1. The third kappa shape index (κ3) is 5.57. The highest BCUT2D eigenvalue weighted by Gasteiger charge is 1.93. The largest absolute Gasteiger partial charge is 0.383 e. The van der Waals surface area contributed by atoms with E-state index in [1.807, 2.05) is 6.07 Å². The van der Waals surface area contributed by atoms with Crippen LogP contribution in [-0.2, 0) is 9.47 Å². The van der Waals surface area contributed by atoms with Crippen LogP contribution in [0.4, 0.5) is 5.69 Å². The van der Waals surface area contributed by atoms with Gasteiger partial charge in [-0.25, -0.2) is 4.98 Å². The molecule has 0 unspecified atom stereocenters. The quantitative estimate of drug-likeness (QED) is 0.573. The summed E-state index contributed by atoms with van der Waals surface area (Å²) in [7, 11) is 1.65. The molecule has 0 aromatic carbocycles. The Labute approximate surface area is 94.6 Å². The molecular formula is C10H15ClN2O2. The Morgan fingerprint density at radius 2 is 2.27 bits per heavy atom. The summed E-state index contributed by atoms with van der Waals surface area (Å²) in [6.45, 7) is 2.63. The third-order valence-corrected chi connectivity index (χ3v) is 1.94. The minimum atomic E-state index is 0.486. The highest BCUT2D eigenvalue weighted by atomic mass is 35.5. The lowest BCUT2D eigenvalue weighted by atomic mass is 10.4. The maximum atomic E-state index is 5.73. The van der Waals surface area contributed by atoms with Crippen molar-refractivity contribution < 1.29 is 9.47 Å². The molecule has 1 aromatic heterocycles. The van der Waals surface area contributed by atoms with Gasteiger partial charge < -0.3 is 14.8 Å². The van der Waals surface area contributed by atoms with Gasteiger partial charge in [0.05, 0.1) is 19.8 Å². The molecule has 0 aliphatic rings. The van der Waals surface area contributed by atoms with Crippen LogP contribution >= 0.6 is 11.6 Å². The van der Waals surface area contributed by atoms with Gasteiger partial charge in [-0.05, 0) is 12.1 Å². The predicted octanol–water partition coefficient (Wildman–Crippen LogP) is 1.81. The van der Waals surface area contributed by atoms with E-state index in [0.29, 0.717) is 25.0 Å². The summed E-state index contributed by atoms with van der Waals surface area (Å²) in [5.41, 5.74) is 0.949. The average Bonchev–Trinajstić information content (AvgIpc) is 2.23. The van der Waals surface area contributed by atoms with Crippen LogP contribution in [0.2, 0.25) is 5.15 Å². The van der Waals surface area contributed by atoms with E-state index in [1.165, 1.54) is 0 Å². The van der Waals surface area contributed by atoms with Crippen LogP contribution in [0.5, 0.6) is 0 Å². The van der Waals surface area contributed by atoms with E-state index in [9.17, 15) is 0 Å². The fourth-order valence-electron chi connectivity index (χ4n) is 1.02. The van der Waals surface area contributed by atoms with Gasteiger partial charge in [0.25, 0.3) is 0 Å². The smallest absolute Gasteiger partial charge is 0.131 e. The van der Waals surface area contributed by atoms with Gasteiger partial charge in [0, 0.05) is 25.5 Å². The molecular weight excluding hydrogens is 216 g/mol. The van der Waals surface area contributed by atoms with Crippen molar-refractivity contribution in [3.05, 3.63) is 23.5 Å². The molecule has 0 atom stereocenters. The van der Waals surface area contributed by atoms with Crippen molar-refractivity contribution in [1.29, 1.82) is 0 Å². The summed E-state index contributed by atoms with van der Waals surface area (Å²) in [6.07, 6.45) is 1.66. The first-order valence-corrected chi connectivity index (χ1v) is 5.13. The lowest BCUT2D eigenvalue weighted by molar-refractivity contribution is 0.0759.